The third kappa shape index (κ3) is 2.81. The van der Waals surface area contributed by atoms with Gasteiger partial charge in [0.05, 0.1) is 11.6 Å². The van der Waals surface area contributed by atoms with Gasteiger partial charge in [0, 0.05) is 29.6 Å². The average molecular weight is 240 g/mol. The van der Waals surface area contributed by atoms with E-state index in [1.54, 1.807) is 0 Å². The third-order valence-corrected chi connectivity index (χ3v) is 4.07. The molecule has 1 aromatic rings. The maximum atomic E-state index is 5.58. The molecule has 2 heterocycles. The van der Waals surface area contributed by atoms with Gasteiger partial charge >= 0.3 is 0 Å². The second-order valence-electron chi connectivity index (χ2n) is 4.61. The summed E-state index contributed by atoms with van der Waals surface area (Å²) in [5, 5.41) is 4.62. The van der Waals surface area contributed by atoms with E-state index in [4.69, 9.17) is 4.74 Å². The zero-order chi connectivity index (χ0) is 11.4. The minimum absolute atomic E-state index is 0.301. The zero-order valence-electron chi connectivity index (χ0n) is 10.1. The van der Waals surface area contributed by atoms with Crippen molar-refractivity contribution < 1.29 is 4.74 Å². The zero-order valence-corrected chi connectivity index (χ0v) is 10.9. The molecule has 1 unspecified atom stereocenters. The summed E-state index contributed by atoms with van der Waals surface area (Å²) in [6, 6.07) is 0. The Labute approximate surface area is 101 Å². The molecule has 16 heavy (non-hydrogen) atoms. The fourth-order valence-corrected chi connectivity index (χ4v) is 3.21. The lowest BCUT2D eigenvalue weighted by molar-refractivity contribution is 0.150. The number of nitrogens with zero attached hydrogens (tertiary/aromatic N) is 1. The molecule has 1 saturated heterocycles. The lowest BCUT2D eigenvalue weighted by Crippen LogP contribution is -2.36. The predicted molar refractivity (Wildman–Crippen MR) is 67.0 cm³/mol. The van der Waals surface area contributed by atoms with Crippen molar-refractivity contribution in [1.29, 1.82) is 0 Å². The number of nitrogens with one attached hydrogen (secondary N) is 1. The highest BCUT2D eigenvalue weighted by Crippen LogP contribution is 2.33. The van der Waals surface area contributed by atoms with Crippen LogP contribution >= 0.6 is 11.3 Å². The van der Waals surface area contributed by atoms with Crippen LogP contribution in [0.2, 0.25) is 0 Å². The molecule has 1 aromatic heterocycles. The summed E-state index contributed by atoms with van der Waals surface area (Å²) < 4.78 is 5.58. The number of thiazole rings is 1. The fourth-order valence-electron chi connectivity index (χ4n) is 2.24. The van der Waals surface area contributed by atoms with E-state index in [-0.39, 0.29) is 0 Å². The van der Waals surface area contributed by atoms with E-state index in [0.717, 1.165) is 44.2 Å². The van der Waals surface area contributed by atoms with Crippen LogP contribution in [0.4, 0.5) is 0 Å². The van der Waals surface area contributed by atoms with E-state index in [0.29, 0.717) is 5.41 Å². The molecule has 1 aliphatic rings. The van der Waals surface area contributed by atoms with E-state index < -0.39 is 0 Å². The van der Waals surface area contributed by atoms with Gasteiger partial charge in [0.25, 0.3) is 0 Å². The summed E-state index contributed by atoms with van der Waals surface area (Å²) in [4.78, 5) is 5.72. The summed E-state index contributed by atoms with van der Waals surface area (Å²) >= 11 is 1.81. The fraction of sp³-hybridized carbons (Fsp3) is 0.750. The number of hydrogen-bond donors (Lipinski definition) is 1. The minimum Gasteiger partial charge on any atom is -0.381 e. The Hall–Kier alpha value is -0.450. The van der Waals surface area contributed by atoms with Crippen LogP contribution in [0.3, 0.4) is 0 Å². The normalized spacial score (nSPS) is 25.1. The molecule has 0 bridgehead atoms. The lowest BCUT2D eigenvalue weighted by Gasteiger charge is -2.26. The summed E-state index contributed by atoms with van der Waals surface area (Å²) in [6.07, 6.45) is 4.29. The van der Waals surface area contributed by atoms with Crippen LogP contribution in [0.1, 0.15) is 23.2 Å². The molecule has 0 amide bonds. The van der Waals surface area contributed by atoms with Crippen LogP contribution in [0.15, 0.2) is 6.20 Å². The summed E-state index contributed by atoms with van der Waals surface area (Å²) in [5.74, 6) is 0. The molecule has 4 heteroatoms. The minimum atomic E-state index is 0.301. The first-order valence-electron chi connectivity index (χ1n) is 5.94. The molecule has 3 nitrogen and oxygen atoms in total. The SMILES string of the molecule is CCNCC1(Cc2cnc(C)s2)CCOC1. The van der Waals surface area contributed by atoms with Gasteiger partial charge in [0.2, 0.25) is 0 Å². The van der Waals surface area contributed by atoms with E-state index >= 15 is 0 Å². The van der Waals surface area contributed by atoms with Crippen molar-refractivity contribution in [3.8, 4) is 0 Å². The van der Waals surface area contributed by atoms with Gasteiger partial charge in [-0.25, -0.2) is 4.98 Å². The first-order valence-corrected chi connectivity index (χ1v) is 6.75. The predicted octanol–water partition coefficient (Wildman–Crippen LogP) is 2.01. The van der Waals surface area contributed by atoms with Crippen LogP contribution < -0.4 is 5.32 Å². The lowest BCUT2D eigenvalue weighted by atomic mass is 9.83. The van der Waals surface area contributed by atoms with Crippen LogP contribution in [-0.2, 0) is 11.2 Å². The number of rotatable bonds is 5. The molecule has 0 saturated carbocycles. The van der Waals surface area contributed by atoms with E-state index in [1.807, 2.05) is 17.5 Å². The summed E-state index contributed by atoms with van der Waals surface area (Å²) in [7, 11) is 0. The van der Waals surface area contributed by atoms with Crippen LogP contribution in [-0.4, -0.2) is 31.3 Å². The standard InChI is InChI=1S/C12H20N2OS/c1-3-13-8-12(4-5-15-9-12)6-11-7-14-10(2)16-11/h7,13H,3-6,8-9H2,1-2H3. The van der Waals surface area contributed by atoms with E-state index in [9.17, 15) is 0 Å². The van der Waals surface area contributed by atoms with Crippen molar-refractivity contribution in [1.82, 2.24) is 10.3 Å². The Balaban J connectivity index is 2.02. The second kappa shape index (κ2) is 5.25. The molecule has 1 fully saturated rings. The smallest absolute Gasteiger partial charge is 0.0896 e. The first kappa shape index (κ1) is 12.0. The van der Waals surface area contributed by atoms with Gasteiger partial charge in [-0.2, -0.15) is 0 Å². The van der Waals surface area contributed by atoms with E-state index in [1.165, 1.54) is 4.88 Å². The van der Waals surface area contributed by atoms with E-state index in [2.05, 4.69) is 24.1 Å². The van der Waals surface area contributed by atoms with Crippen molar-refractivity contribution >= 4 is 11.3 Å². The van der Waals surface area contributed by atoms with Gasteiger partial charge < -0.3 is 10.1 Å². The molecule has 0 spiro atoms. The molecule has 1 atom stereocenters. The molecule has 1 N–H and O–H groups in total. The molecule has 90 valence electrons. The Kier molecular flexibility index (Phi) is 3.95. The molecular weight excluding hydrogens is 220 g/mol. The average Bonchev–Trinajstić information content (AvgIpc) is 2.87. The van der Waals surface area contributed by atoms with Crippen LogP contribution in [0, 0.1) is 12.3 Å². The van der Waals surface area contributed by atoms with Gasteiger partial charge in [-0.3, -0.25) is 0 Å². The second-order valence-corrected chi connectivity index (χ2v) is 5.92. The Bertz CT molecular complexity index is 332. The third-order valence-electron chi connectivity index (χ3n) is 3.15. The molecule has 0 radical (unpaired) electrons. The van der Waals surface area contributed by atoms with Gasteiger partial charge in [0.15, 0.2) is 0 Å². The van der Waals surface area contributed by atoms with Gasteiger partial charge in [-0.05, 0) is 26.3 Å². The first-order chi connectivity index (χ1) is 7.74. The number of hydrogen-bond acceptors (Lipinski definition) is 4. The van der Waals surface area contributed by atoms with Crippen molar-refractivity contribution in [2.45, 2.75) is 26.7 Å². The molecule has 0 aromatic carbocycles. The maximum Gasteiger partial charge on any atom is 0.0896 e. The van der Waals surface area contributed by atoms with Gasteiger partial charge in [-0.15, -0.1) is 11.3 Å². The summed E-state index contributed by atoms with van der Waals surface area (Å²) in [6.45, 7) is 8.10. The maximum absolute atomic E-state index is 5.58. The highest BCUT2D eigenvalue weighted by atomic mass is 32.1. The largest absolute Gasteiger partial charge is 0.381 e. The number of aryl methyl sites for hydroxylation is 1. The van der Waals surface area contributed by atoms with Crippen molar-refractivity contribution in [3.05, 3.63) is 16.1 Å². The van der Waals surface area contributed by atoms with Crippen molar-refractivity contribution in [2.75, 3.05) is 26.3 Å². The summed E-state index contributed by atoms with van der Waals surface area (Å²) in [5.41, 5.74) is 0.301. The monoisotopic (exact) mass is 240 g/mol. The quantitative estimate of drug-likeness (QED) is 0.855. The molecule has 2 rings (SSSR count). The Morgan fingerprint density at radius 3 is 3.06 bits per heavy atom. The molecule has 0 aliphatic carbocycles. The Morgan fingerprint density at radius 1 is 1.62 bits per heavy atom. The topological polar surface area (TPSA) is 34.2 Å². The van der Waals surface area contributed by atoms with Crippen molar-refractivity contribution in [3.63, 3.8) is 0 Å². The number of ether oxygens (including phenoxy) is 1. The van der Waals surface area contributed by atoms with Crippen molar-refractivity contribution in [2.24, 2.45) is 5.41 Å². The Morgan fingerprint density at radius 2 is 2.50 bits per heavy atom. The van der Waals surface area contributed by atoms with Crippen LogP contribution in [0.5, 0.6) is 0 Å². The highest BCUT2D eigenvalue weighted by Gasteiger charge is 2.35. The highest BCUT2D eigenvalue weighted by molar-refractivity contribution is 7.11. The number of aromatic nitrogens is 1. The van der Waals surface area contributed by atoms with Gasteiger partial charge in [0.1, 0.15) is 0 Å². The molecule has 1 aliphatic heterocycles. The van der Waals surface area contributed by atoms with Crippen LogP contribution in [0.25, 0.3) is 0 Å². The molecular formula is C12H20N2OS. The van der Waals surface area contributed by atoms with Gasteiger partial charge in [-0.1, -0.05) is 6.92 Å².